The van der Waals surface area contributed by atoms with Crippen molar-refractivity contribution in [2.75, 3.05) is 23.3 Å². The maximum absolute atomic E-state index is 4.59. The molecule has 0 spiro atoms. The van der Waals surface area contributed by atoms with Crippen LogP contribution in [0.3, 0.4) is 0 Å². The minimum absolute atomic E-state index is 0.776. The predicted octanol–water partition coefficient (Wildman–Crippen LogP) is 2.90. The fraction of sp³-hybridized carbons (Fsp3) is 0.500. The molecule has 0 unspecified atom stereocenters. The Hall–Kier alpha value is -2.04. The quantitative estimate of drug-likeness (QED) is 0.917. The van der Waals surface area contributed by atoms with Crippen LogP contribution in [0.25, 0.3) is 0 Å². The summed E-state index contributed by atoms with van der Waals surface area (Å²) < 4.78 is 2.00. The Labute approximate surface area is 126 Å². The third kappa shape index (κ3) is 3.35. The monoisotopic (exact) mass is 285 g/mol. The van der Waals surface area contributed by atoms with E-state index in [1.54, 1.807) is 0 Å². The van der Waals surface area contributed by atoms with Crippen LogP contribution in [0, 0.1) is 0 Å². The highest BCUT2D eigenvalue weighted by molar-refractivity contribution is 5.48. The van der Waals surface area contributed by atoms with E-state index in [2.05, 4.69) is 39.4 Å². The van der Waals surface area contributed by atoms with Gasteiger partial charge in [-0.25, -0.2) is 4.98 Å². The molecule has 0 radical (unpaired) electrons. The molecular weight excluding hydrogens is 262 g/mol. The van der Waals surface area contributed by atoms with Gasteiger partial charge in [-0.05, 0) is 44.4 Å². The van der Waals surface area contributed by atoms with Gasteiger partial charge in [0.05, 0.1) is 24.1 Å². The van der Waals surface area contributed by atoms with E-state index in [0.717, 1.165) is 37.7 Å². The van der Waals surface area contributed by atoms with Crippen LogP contribution in [0.4, 0.5) is 11.5 Å². The number of nitrogens with zero attached hydrogens (tertiary/aromatic N) is 4. The van der Waals surface area contributed by atoms with Gasteiger partial charge in [0, 0.05) is 25.8 Å². The van der Waals surface area contributed by atoms with Crippen molar-refractivity contribution in [3.05, 3.63) is 36.3 Å². The van der Waals surface area contributed by atoms with Crippen molar-refractivity contribution in [2.45, 2.75) is 39.3 Å². The second kappa shape index (κ2) is 6.61. The summed E-state index contributed by atoms with van der Waals surface area (Å²) in [5.41, 5.74) is 2.25. The van der Waals surface area contributed by atoms with E-state index in [-0.39, 0.29) is 0 Å². The van der Waals surface area contributed by atoms with E-state index in [0.29, 0.717) is 0 Å². The average molecular weight is 285 g/mol. The SMILES string of the molecule is CCn1nccc1CNc1ccc(N2CCCCC2)nc1. The Morgan fingerprint density at radius 3 is 2.71 bits per heavy atom. The summed E-state index contributed by atoms with van der Waals surface area (Å²) in [7, 11) is 0. The first-order valence-electron chi connectivity index (χ1n) is 7.82. The molecule has 1 N–H and O–H groups in total. The standard InChI is InChI=1S/C16H23N5/c1-2-21-15(8-9-19-21)13-17-14-6-7-16(18-12-14)20-10-4-3-5-11-20/h6-9,12,17H,2-5,10-11,13H2,1H3. The molecule has 0 amide bonds. The number of hydrogen-bond donors (Lipinski definition) is 1. The summed E-state index contributed by atoms with van der Waals surface area (Å²) in [6, 6.07) is 6.28. The molecule has 1 fully saturated rings. The number of pyridine rings is 1. The molecule has 0 aromatic carbocycles. The summed E-state index contributed by atoms with van der Waals surface area (Å²) in [5, 5.41) is 7.69. The lowest BCUT2D eigenvalue weighted by molar-refractivity contribution is 0.573. The minimum atomic E-state index is 0.776. The van der Waals surface area contributed by atoms with E-state index in [1.807, 2.05) is 23.1 Å². The molecule has 3 rings (SSSR count). The molecule has 0 saturated carbocycles. The largest absolute Gasteiger partial charge is 0.378 e. The Kier molecular flexibility index (Phi) is 4.38. The summed E-state index contributed by atoms with van der Waals surface area (Å²) in [6.45, 7) is 6.05. The summed E-state index contributed by atoms with van der Waals surface area (Å²) in [5.74, 6) is 1.10. The van der Waals surface area contributed by atoms with Gasteiger partial charge in [0.25, 0.3) is 0 Å². The molecule has 2 aromatic rings. The molecule has 0 atom stereocenters. The van der Waals surface area contributed by atoms with Crippen LogP contribution in [0.5, 0.6) is 0 Å². The highest BCUT2D eigenvalue weighted by Gasteiger charge is 2.11. The Morgan fingerprint density at radius 1 is 1.14 bits per heavy atom. The zero-order chi connectivity index (χ0) is 14.5. The average Bonchev–Trinajstić information content (AvgIpc) is 3.02. The number of aryl methyl sites for hydroxylation is 1. The smallest absolute Gasteiger partial charge is 0.128 e. The van der Waals surface area contributed by atoms with Crippen LogP contribution >= 0.6 is 0 Å². The Bertz CT molecular complexity index is 554. The van der Waals surface area contributed by atoms with Crippen molar-refractivity contribution in [2.24, 2.45) is 0 Å². The van der Waals surface area contributed by atoms with E-state index < -0.39 is 0 Å². The lowest BCUT2D eigenvalue weighted by Crippen LogP contribution is -2.30. The van der Waals surface area contributed by atoms with Crippen molar-refractivity contribution in [1.29, 1.82) is 0 Å². The third-order valence-corrected chi connectivity index (χ3v) is 4.01. The van der Waals surface area contributed by atoms with Crippen molar-refractivity contribution in [1.82, 2.24) is 14.8 Å². The maximum atomic E-state index is 4.59. The summed E-state index contributed by atoms with van der Waals surface area (Å²) in [6.07, 6.45) is 7.68. The minimum Gasteiger partial charge on any atom is -0.378 e. The lowest BCUT2D eigenvalue weighted by atomic mass is 10.1. The van der Waals surface area contributed by atoms with Gasteiger partial charge in [-0.3, -0.25) is 4.68 Å². The highest BCUT2D eigenvalue weighted by atomic mass is 15.3. The number of anilines is 2. The number of rotatable bonds is 5. The van der Waals surface area contributed by atoms with Crippen LogP contribution in [0.1, 0.15) is 31.9 Å². The van der Waals surface area contributed by atoms with Crippen LogP contribution in [-0.2, 0) is 13.1 Å². The topological polar surface area (TPSA) is 46.0 Å². The molecule has 21 heavy (non-hydrogen) atoms. The maximum Gasteiger partial charge on any atom is 0.128 e. The van der Waals surface area contributed by atoms with Crippen molar-refractivity contribution in [3.8, 4) is 0 Å². The van der Waals surface area contributed by atoms with Gasteiger partial charge < -0.3 is 10.2 Å². The number of piperidine rings is 1. The molecule has 2 aromatic heterocycles. The molecule has 1 aliphatic rings. The zero-order valence-electron chi connectivity index (χ0n) is 12.6. The fourth-order valence-electron chi connectivity index (χ4n) is 2.79. The normalized spacial score (nSPS) is 15.2. The van der Waals surface area contributed by atoms with Crippen molar-refractivity contribution >= 4 is 11.5 Å². The van der Waals surface area contributed by atoms with Gasteiger partial charge in [0.15, 0.2) is 0 Å². The van der Waals surface area contributed by atoms with Gasteiger partial charge in [0.1, 0.15) is 5.82 Å². The summed E-state index contributed by atoms with van der Waals surface area (Å²) in [4.78, 5) is 6.96. The molecule has 1 saturated heterocycles. The number of nitrogens with one attached hydrogen (secondary N) is 1. The van der Waals surface area contributed by atoms with Gasteiger partial charge in [-0.2, -0.15) is 5.10 Å². The summed E-state index contributed by atoms with van der Waals surface area (Å²) >= 11 is 0. The van der Waals surface area contributed by atoms with Gasteiger partial charge in [-0.1, -0.05) is 0 Å². The second-order valence-electron chi connectivity index (χ2n) is 5.44. The Balaban J connectivity index is 1.59. The van der Waals surface area contributed by atoms with E-state index in [9.17, 15) is 0 Å². The van der Waals surface area contributed by atoms with Crippen molar-refractivity contribution < 1.29 is 0 Å². The fourth-order valence-corrected chi connectivity index (χ4v) is 2.79. The third-order valence-electron chi connectivity index (χ3n) is 4.01. The Morgan fingerprint density at radius 2 is 2.00 bits per heavy atom. The van der Waals surface area contributed by atoms with E-state index in [4.69, 9.17) is 0 Å². The molecule has 0 bridgehead atoms. The number of hydrogen-bond acceptors (Lipinski definition) is 4. The van der Waals surface area contributed by atoms with Crippen LogP contribution in [-0.4, -0.2) is 27.9 Å². The van der Waals surface area contributed by atoms with Crippen LogP contribution < -0.4 is 10.2 Å². The molecular formula is C16H23N5. The first-order chi connectivity index (χ1) is 10.4. The molecule has 5 heteroatoms. The van der Waals surface area contributed by atoms with E-state index >= 15 is 0 Å². The van der Waals surface area contributed by atoms with Crippen LogP contribution in [0.15, 0.2) is 30.6 Å². The molecule has 5 nitrogen and oxygen atoms in total. The van der Waals surface area contributed by atoms with Crippen molar-refractivity contribution in [3.63, 3.8) is 0 Å². The molecule has 3 heterocycles. The highest BCUT2D eigenvalue weighted by Crippen LogP contribution is 2.19. The molecule has 0 aliphatic carbocycles. The van der Waals surface area contributed by atoms with E-state index in [1.165, 1.54) is 25.0 Å². The first-order valence-corrected chi connectivity index (χ1v) is 7.82. The van der Waals surface area contributed by atoms with Crippen LogP contribution in [0.2, 0.25) is 0 Å². The van der Waals surface area contributed by atoms with Gasteiger partial charge in [-0.15, -0.1) is 0 Å². The molecule has 1 aliphatic heterocycles. The molecule has 112 valence electrons. The zero-order valence-corrected chi connectivity index (χ0v) is 12.6. The lowest BCUT2D eigenvalue weighted by Gasteiger charge is -2.27. The van der Waals surface area contributed by atoms with Gasteiger partial charge in [0.2, 0.25) is 0 Å². The number of aromatic nitrogens is 3. The van der Waals surface area contributed by atoms with Gasteiger partial charge >= 0.3 is 0 Å². The first kappa shape index (κ1) is 13.9. The second-order valence-corrected chi connectivity index (χ2v) is 5.44. The predicted molar refractivity (Wildman–Crippen MR) is 85.5 cm³/mol.